The van der Waals surface area contributed by atoms with E-state index in [2.05, 4.69) is 0 Å². The van der Waals surface area contributed by atoms with Crippen molar-refractivity contribution in [2.75, 3.05) is 0 Å². The highest BCUT2D eigenvalue weighted by Crippen LogP contribution is 2.30. The van der Waals surface area contributed by atoms with Gasteiger partial charge >= 0.3 is 5.97 Å². The van der Waals surface area contributed by atoms with Crippen LogP contribution in [0.5, 0.6) is 0 Å². The quantitative estimate of drug-likeness (QED) is 0.521. The monoisotopic (exact) mass is 184 g/mol. The van der Waals surface area contributed by atoms with E-state index in [1.807, 2.05) is 6.08 Å². The van der Waals surface area contributed by atoms with Gasteiger partial charge in [-0.05, 0) is 32.3 Å². The normalized spacial score (nSPS) is 22.8. The summed E-state index contributed by atoms with van der Waals surface area (Å²) in [5.74, 6) is -0.290. The number of ether oxygens (including phenoxy) is 1. The Morgan fingerprint density at radius 3 is 2.77 bits per heavy atom. The fraction of sp³-hybridized carbons (Fsp3) is 0.700. The van der Waals surface area contributed by atoms with Crippen LogP contribution in [0.3, 0.4) is 0 Å². The number of allylic oxidation sites excluding steroid dienone is 1. The van der Waals surface area contributed by atoms with Gasteiger partial charge in [-0.15, -0.1) is 0 Å². The summed E-state index contributed by atoms with van der Waals surface area (Å²) in [6.07, 6.45) is 3.39. The molecule has 0 aromatic rings. The zero-order valence-corrected chi connectivity index (χ0v) is 8.33. The zero-order chi connectivity index (χ0) is 10.1. The van der Waals surface area contributed by atoms with E-state index in [0.717, 1.165) is 18.4 Å². The number of esters is 1. The fourth-order valence-electron chi connectivity index (χ4n) is 1.64. The predicted molar refractivity (Wildman–Crippen MR) is 49.2 cm³/mol. The summed E-state index contributed by atoms with van der Waals surface area (Å²) in [5, 5.41) is 9.74. The van der Waals surface area contributed by atoms with E-state index in [1.54, 1.807) is 13.8 Å². The van der Waals surface area contributed by atoms with Crippen LogP contribution in [0, 0.1) is 0 Å². The van der Waals surface area contributed by atoms with Crippen molar-refractivity contribution in [1.82, 2.24) is 0 Å². The summed E-state index contributed by atoms with van der Waals surface area (Å²) >= 11 is 0. The zero-order valence-electron chi connectivity index (χ0n) is 8.33. The van der Waals surface area contributed by atoms with Crippen molar-refractivity contribution in [3.05, 3.63) is 11.6 Å². The van der Waals surface area contributed by atoms with Gasteiger partial charge in [-0.3, -0.25) is 4.79 Å². The molecule has 0 saturated carbocycles. The number of hydrogen-bond donors (Lipinski definition) is 1. The van der Waals surface area contributed by atoms with E-state index >= 15 is 0 Å². The van der Waals surface area contributed by atoms with Crippen LogP contribution in [0.2, 0.25) is 0 Å². The molecule has 1 aliphatic rings. The van der Waals surface area contributed by atoms with Crippen molar-refractivity contribution >= 4 is 5.97 Å². The van der Waals surface area contributed by atoms with Crippen molar-refractivity contribution in [2.24, 2.45) is 0 Å². The minimum Gasteiger partial charge on any atom is -0.458 e. The molecule has 0 spiro atoms. The van der Waals surface area contributed by atoms with Crippen LogP contribution in [0.25, 0.3) is 0 Å². The molecule has 1 atom stereocenters. The Hall–Kier alpha value is -0.830. The molecule has 0 fully saturated rings. The molecule has 0 aromatic carbocycles. The van der Waals surface area contributed by atoms with Gasteiger partial charge in [0.1, 0.15) is 6.10 Å². The lowest BCUT2D eigenvalue weighted by atomic mass is 9.96. The van der Waals surface area contributed by atoms with Gasteiger partial charge in [-0.25, -0.2) is 0 Å². The molecule has 1 aliphatic carbocycles. The highest BCUT2D eigenvalue weighted by Gasteiger charge is 2.31. The molecule has 3 nitrogen and oxygen atoms in total. The van der Waals surface area contributed by atoms with E-state index in [9.17, 15) is 9.90 Å². The van der Waals surface area contributed by atoms with E-state index in [0.29, 0.717) is 0 Å². The molecule has 0 heterocycles. The third-order valence-corrected chi connectivity index (χ3v) is 2.15. The first-order chi connectivity index (χ1) is 5.91. The molecule has 0 radical (unpaired) electrons. The summed E-state index contributed by atoms with van der Waals surface area (Å²) in [7, 11) is 0. The van der Waals surface area contributed by atoms with Crippen molar-refractivity contribution in [1.29, 1.82) is 0 Å². The van der Waals surface area contributed by atoms with E-state index in [-0.39, 0.29) is 12.1 Å². The SMILES string of the molecule is CC(=O)OC1CCC=C1C(C)(C)O. The maximum absolute atomic E-state index is 10.7. The molecular weight excluding hydrogens is 168 g/mol. The standard InChI is InChI=1S/C10H16O3/c1-7(11)13-9-6-4-5-8(9)10(2,3)12/h5,9,12H,4,6H2,1-3H3. The number of rotatable bonds is 2. The van der Waals surface area contributed by atoms with Crippen molar-refractivity contribution in [2.45, 2.75) is 45.3 Å². The highest BCUT2D eigenvalue weighted by molar-refractivity contribution is 5.66. The van der Waals surface area contributed by atoms with Gasteiger partial charge in [0, 0.05) is 6.92 Å². The van der Waals surface area contributed by atoms with Crippen LogP contribution in [0.4, 0.5) is 0 Å². The van der Waals surface area contributed by atoms with Crippen LogP contribution >= 0.6 is 0 Å². The second kappa shape index (κ2) is 3.50. The Bertz CT molecular complexity index is 235. The van der Waals surface area contributed by atoms with Crippen LogP contribution < -0.4 is 0 Å². The predicted octanol–water partition coefficient (Wildman–Crippen LogP) is 1.41. The number of carbonyl (C=O) groups is 1. The Morgan fingerprint density at radius 2 is 2.31 bits per heavy atom. The Kier molecular flexibility index (Phi) is 2.76. The van der Waals surface area contributed by atoms with Gasteiger partial charge in [-0.1, -0.05) is 6.08 Å². The van der Waals surface area contributed by atoms with Gasteiger partial charge in [0.15, 0.2) is 0 Å². The highest BCUT2D eigenvalue weighted by atomic mass is 16.5. The van der Waals surface area contributed by atoms with Crippen LogP contribution in [0.15, 0.2) is 11.6 Å². The maximum Gasteiger partial charge on any atom is 0.303 e. The van der Waals surface area contributed by atoms with E-state index in [4.69, 9.17) is 4.74 Å². The fourth-order valence-corrected chi connectivity index (χ4v) is 1.64. The molecule has 0 aromatic heterocycles. The van der Waals surface area contributed by atoms with E-state index < -0.39 is 5.60 Å². The second-order valence-corrected chi connectivity index (χ2v) is 3.89. The van der Waals surface area contributed by atoms with Crippen molar-refractivity contribution < 1.29 is 14.6 Å². The van der Waals surface area contributed by atoms with E-state index in [1.165, 1.54) is 6.92 Å². The van der Waals surface area contributed by atoms with Crippen LogP contribution in [-0.2, 0) is 9.53 Å². The number of aliphatic hydroxyl groups is 1. The average Bonchev–Trinajstić information content (AvgIpc) is 2.31. The average molecular weight is 184 g/mol. The topological polar surface area (TPSA) is 46.5 Å². The maximum atomic E-state index is 10.7. The van der Waals surface area contributed by atoms with Crippen LogP contribution in [-0.4, -0.2) is 22.8 Å². The molecule has 0 aliphatic heterocycles. The minimum atomic E-state index is -0.878. The third kappa shape index (κ3) is 2.56. The molecule has 3 heteroatoms. The minimum absolute atomic E-state index is 0.225. The lowest BCUT2D eigenvalue weighted by Gasteiger charge is -2.25. The molecule has 0 amide bonds. The molecule has 0 saturated heterocycles. The van der Waals surface area contributed by atoms with Crippen LogP contribution in [0.1, 0.15) is 33.6 Å². The first-order valence-electron chi connectivity index (χ1n) is 4.51. The molecular formula is C10H16O3. The number of hydrogen-bond acceptors (Lipinski definition) is 3. The molecule has 1 N–H and O–H groups in total. The molecule has 0 bridgehead atoms. The van der Waals surface area contributed by atoms with Gasteiger partial charge in [0.25, 0.3) is 0 Å². The summed E-state index contributed by atoms with van der Waals surface area (Å²) in [6.45, 7) is 4.81. The van der Waals surface area contributed by atoms with Crippen molar-refractivity contribution in [3.8, 4) is 0 Å². The Balaban J connectivity index is 2.69. The smallest absolute Gasteiger partial charge is 0.303 e. The lowest BCUT2D eigenvalue weighted by Crippen LogP contribution is -2.30. The summed E-state index contributed by atoms with van der Waals surface area (Å²) in [5.41, 5.74) is -0.0564. The molecule has 13 heavy (non-hydrogen) atoms. The van der Waals surface area contributed by atoms with Gasteiger partial charge in [0.05, 0.1) is 5.60 Å². The molecule has 74 valence electrons. The van der Waals surface area contributed by atoms with Gasteiger partial charge in [0.2, 0.25) is 0 Å². The van der Waals surface area contributed by atoms with Crippen molar-refractivity contribution in [3.63, 3.8) is 0 Å². The molecule has 1 rings (SSSR count). The Morgan fingerprint density at radius 1 is 1.69 bits per heavy atom. The summed E-state index contributed by atoms with van der Waals surface area (Å²) in [6, 6.07) is 0. The summed E-state index contributed by atoms with van der Waals surface area (Å²) < 4.78 is 5.08. The Labute approximate surface area is 78.4 Å². The van der Waals surface area contributed by atoms with Gasteiger partial charge in [-0.2, -0.15) is 0 Å². The molecule has 1 unspecified atom stereocenters. The third-order valence-electron chi connectivity index (χ3n) is 2.15. The largest absolute Gasteiger partial charge is 0.458 e. The number of carbonyl (C=O) groups excluding carboxylic acids is 1. The lowest BCUT2D eigenvalue weighted by molar-refractivity contribution is -0.145. The second-order valence-electron chi connectivity index (χ2n) is 3.89. The first kappa shape index (κ1) is 10.3. The summed E-state index contributed by atoms with van der Waals surface area (Å²) in [4.78, 5) is 10.7. The first-order valence-corrected chi connectivity index (χ1v) is 4.51. The van der Waals surface area contributed by atoms with Gasteiger partial charge < -0.3 is 9.84 Å².